The van der Waals surface area contributed by atoms with Gasteiger partial charge in [-0.05, 0) is 44.9 Å². The van der Waals surface area contributed by atoms with Crippen molar-refractivity contribution in [2.45, 2.75) is 33.7 Å². The molecule has 3 aromatic rings. The van der Waals surface area contributed by atoms with Crippen LogP contribution >= 0.6 is 11.3 Å². The summed E-state index contributed by atoms with van der Waals surface area (Å²) in [6.07, 6.45) is 1.33. The van der Waals surface area contributed by atoms with Gasteiger partial charge in [-0.1, -0.05) is 17.7 Å². The number of hydrogen-bond donors (Lipinski definition) is 2. The van der Waals surface area contributed by atoms with Gasteiger partial charge in [0.25, 0.3) is 11.5 Å². The van der Waals surface area contributed by atoms with Crippen molar-refractivity contribution >= 4 is 39.1 Å². The summed E-state index contributed by atoms with van der Waals surface area (Å²) < 4.78 is 1.27. The monoisotopic (exact) mass is 384 g/mol. The molecule has 0 aliphatic rings. The van der Waals surface area contributed by atoms with E-state index in [4.69, 9.17) is 5.73 Å². The first-order chi connectivity index (χ1) is 12.7. The molecule has 0 saturated carbocycles. The average Bonchev–Trinajstić information content (AvgIpc) is 2.95. The Kier molecular flexibility index (Phi) is 4.84. The topological polar surface area (TPSA) is 107 Å². The fourth-order valence-corrected chi connectivity index (χ4v) is 3.96. The lowest BCUT2D eigenvalue weighted by molar-refractivity contribution is -0.118. The van der Waals surface area contributed by atoms with Crippen molar-refractivity contribution in [3.63, 3.8) is 0 Å². The number of thiophene rings is 1. The molecule has 0 spiro atoms. The van der Waals surface area contributed by atoms with Gasteiger partial charge in [0.2, 0.25) is 5.91 Å². The summed E-state index contributed by atoms with van der Waals surface area (Å²) in [4.78, 5) is 42.1. The van der Waals surface area contributed by atoms with Crippen molar-refractivity contribution < 1.29 is 9.59 Å². The van der Waals surface area contributed by atoms with Crippen molar-refractivity contribution in [1.82, 2.24) is 9.55 Å². The molecule has 0 radical (unpaired) electrons. The molecule has 2 aromatic heterocycles. The maximum atomic E-state index is 12.9. The van der Waals surface area contributed by atoms with Crippen LogP contribution in [-0.2, 0) is 4.79 Å². The van der Waals surface area contributed by atoms with Crippen LogP contribution in [0.3, 0.4) is 0 Å². The van der Waals surface area contributed by atoms with E-state index in [-0.39, 0.29) is 11.5 Å². The van der Waals surface area contributed by atoms with E-state index in [1.807, 2.05) is 32.0 Å². The number of aryl methyl sites for hydroxylation is 3. The predicted molar refractivity (Wildman–Crippen MR) is 106 cm³/mol. The van der Waals surface area contributed by atoms with Gasteiger partial charge in [0.1, 0.15) is 10.9 Å². The number of hydrogen-bond acceptors (Lipinski definition) is 5. The first kappa shape index (κ1) is 18.8. The second-order valence-corrected chi connectivity index (χ2v) is 7.54. The zero-order valence-corrected chi connectivity index (χ0v) is 16.3. The van der Waals surface area contributed by atoms with Crippen LogP contribution < -0.4 is 16.6 Å². The minimum Gasteiger partial charge on any atom is -0.365 e. The number of rotatable bonds is 4. The van der Waals surface area contributed by atoms with Crippen molar-refractivity contribution in [1.29, 1.82) is 0 Å². The first-order valence-electron chi connectivity index (χ1n) is 8.39. The lowest BCUT2D eigenvalue weighted by atomic mass is 10.1. The fraction of sp³-hybridized carbons (Fsp3) is 0.263. The van der Waals surface area contributed by atoms with E-state index in [1.165, 1.54) is 10.9 Å². The molecule has 7 nitrogen and oxygen atoms in total. The standard InChI is InChI=1S/C19H20N4O3S/c1-9-5-6-13(10(2)7-9)22-17(25)12(4)23-8-21-18-14(19(23)26)11(3)15(27-18)16(20)24/h5-8,12H,1-4H3,(H2,20,24)(H,22,25)/t12-/m0/s1. The molecule has 0 bridgehead atoms. The van der Waals surface area contributed by atoms with Crippen LogP contribution in [0.2, 0.25) is 0 Å². The van der Waals surface area contributed by atoms with Gasteiger partial charge in [-0.3, -0.25) is 19.0 Å². The summed E-state index contributed by atoms with van der Waals surface area (Å²) in [5, 5.41) is 3.17. The number of nitrogens with one attached hydrogen (secondary N) is 1. The predicted octanol–water partition coefficient (Wildman–Crippen LogP) is 2.68. The van der Waals surface area contributed by atoms with Gasteiger partial charge in [-0.15, -0.1) is 11.3 Å². The van der Waals surface area contributed by atoms with Gasteiger partial charge in [-0.2, -0.15) is 0 Å². The molecule has 8 heteroatoms. The minimum absolute atomic E-state index is 0.305. The van der Waals surface area contributed by atoms with E-state index in [0.29, 0.717) is 26.3 Å². The SMILES string of the molecule is Cc1ccc(NC(=O)[C@H](C)n2cnc3sc(C(N)=O)c(C)c3c2=O)c(C)c1. The van der Waals surface area contributed by atoms with Crippen LogP contribution in [0.5, 0.6) is 0 Å². The Morgan fingerprint density at radius 2 is 1.96 bits per heavy atom. The summed E-state index contributed by atoms with van der Waals surface area (Å²) in [5.74, 6) is -0.921. The summed E-state index contributed by atoms with van der Waals surface area (Å²) in [5.41, 5.74) is 8.22. The van der Waals surface area contributed by atoms with Gasteiger partial charge in [0, 0.05) is 5.69 Å². The Morgan fingerprint density at radius 1 is 1.26 bits per heavy atom. The van der Waals surface area contributed by atoms with Crippen molar-refractivity contribution in [3.8, 4) is 0 Å². The van der Waals surface area contributed by atoms with Gasteiger partial charge < -0.3 is 11.1 Å². The first-order valence-corrected chi connectivity index (χ1v) is 9.20. The molecule has 2 heterocycles. The van der Waals surface area contributed by atoms with E-state index < -0.39 is 11.9 Å². The largest absolute Gasteiger partial charge is 0.365 e. The lowest BCUT2D eigenvalue weighted by Crippen LogP contribution is -2.32. The second-order valence-electron chi connectivity index (χ2n) is 6.54. The highest BCUT2D eigenvalue weighted by Crippen LogP contribution is 2.26. The van der Waals surface area contributed by atoms with E-state index in [0.717, 1.165) is 22.5 Å². The number of primary amides is 1. The van der Waals surface area contributed by atoms with Crippen LogP contribution in [0.15, 0.2) is 29.3 Å². The highest BCUT2D eigenvalue weighted by atomic mass is 32.1. The summed E-state index contributed by atoms with van der Waals surface area (Å²) in [6.45, 7) is 7.18. The minimum atomic E-state index is -0.772. The molecule has 3 N–H and O–H groups in total. The number of anilines is 1. The number of nitrogens with two attached hydrogens (primary N) is 1. The Labute approximate surface area is 159 Å². The van der Waals surface area contributed by atoms with E-state index in [9.17, 15) is 14.4 Å². The Morgan fingerprint density at radius 3 is 2.59 bits per heavy atom. The zero-order valence-electron chi connectivity index (χ0n) is 15.5. The number of amides is 2. The van der Waals surface area contributed by atoms with Crippen LogP contribution in [0, 0.1) is 20.8 Å². The molecular formula is C19H20N4O3S. The third-order valence-electron chi connectivity index (χ3n) is 4.54. The van der Waals surface area contributed by atoms with E-state index in [2.05, 4.69) is 10.3 Å². The third kappa shape index (κ3) is 3.35. The molecular weight excluding hydrogens is 364 g/mol. The maximum absolute atomic E-state index is 12.9. The van der Waals surface area contributed by atoms with Gasteiger partial charge in [0.15, 0.2) is 0 Å². The molecule has 1 atom stereocenters. The molecule has 1 aromatic carbocycles. The number of benzene rings is 1. The summed E-state index contributed by atoms with van der Waals surface area (Å²) in [6, 6.07) is 4.95. The van der Waals surface area contributed by atoms with Gasteiger partial charge in [-0.25, -0.2) is 4.98 Å². The van der Waals surface area contributed by atoms with E-state index in [1.54, 1.807) is 13.8 Å². The maximum Gasteiger partial charge on any atom is 0.263 e. The number of carbonyl (C=O) groups excluding carboxylic acids is 2. The number of carbonyl (C=O) groups is 2. The zero-order chi connectivity index (χ0) is 19.9. The highest BCUT2D eigenvalue weighted by Gasteiger charge is 2.22. The summed E-state index contributed by atoms with van der Waals surface area (Å²) >= 11 is 1.08. The van der Waals surface area contributed by atoms with Crippen LogP contribution in [0.1, 0.15) is 39.3 Å². The smallest absolute Gasteiger partial charge is 0.263 e. The fourth-order valence-electron chi connectivity index (χ4n) is 2.97. The average molecular weight is 384 g/mol. The Bertz CT molecular complexity index is 1130. The Hall–Kier alpha value is -3.00. The number of fused-ring (bicyclic) bond motifs is 1. The van der Waals surface area contributed by atoms with Crippen molar-refractivity contribution in [2.75, 3.05) is 5.32 Å². The van der Waals surface area contributed by atoms with Gasteiger partial charge in [0.05, 0.1) is 16.6 Å². The van der Waals surface area contributed by atoms with Crippen LogP contribution in [-0.4, -0.2) is 21.4 Å². The normalized spacial score (nSPS) is 12.1. The Balaban J connectivity index is 1.97. The molecule has 0 aliphatic carbocycles. The molecule has 0 aliphatic heterocycles. The van der Waals surface area contributed by atoms with Crippen LogP contribution in [0.4, 0.5) is 5.69 Å². The number of nitrogens with zero attached hydrogens (tertiary/aromatic N) is 2. The molecule has 140 valence electrons. The highest BCUT2D eigenvalue weighted by molar-refractivity contribution is 7.20. The molecule has 2 amide bonds. The van der Waals surface area contributed by atoms with E-state index >= 15 is 0 Å². The van der Waals surface area contributed by atoms with Crippen LogP contribution in [0.25, 0.3) is 10.2 Å². The quantitative estimate of drug-likeness (QED) is 0.721. The molecule has 0 saturated heterocycles. The molecule has 0 unspecified atom stereocenters. The number of aromatic nitrogens is 2. The van der Waals surface area contributed by atoms with Crippen molar-refractivity contribution in [2.24, 2.45) is 5.73 Å². The van der Waals surface area contributed by atoms with Gasteiger partial charge >= 0.3 is 0 Å². The third-order valence-corrected chi connectivity index (χ3v) is 5.75. The van der Waals surface area contributed by atoms with Crippen molar-refractivity contribution in [3.05, 3.63) is 56.4 Å². The lowest BCUT2D eigenvalue weighted by Gasteiger charge is -2.16. The molecule has 3 rings (SSSR count). The molecule has 0 fully saturated rings. The summed E-state index contributed by atoms with van der Waals surface area (Å²) in [7, 11) is 0. The molecule has 27 heavy (non-hydrogen) atoms. The second kappa shape index (κ2) is 6.96.